The van der Waals surface area contributed by atoms with E-state index in [-0.39, 0.29) is 12.3 Å². The van der Waals surface area contributed by atoms with Gasteiger partial charge >= 0.3 is 6.18 Å². The number of rotatable bonds is 5. The molecule has 0 atom stereocenters. The number of benzene rings is 2. The van der Waals surface area contributed by atoms with E-state index in [9.17, 15) is 18.0 Å². The molecule has 0 spiro atoms. The molecule has 2 aromatic carbocycles. The molecule has 0 saturated carbocycles. The first kappa shape index (κ1) is 19.8. The molecule has 0 bridgehead atoms. The van der Waals surface area contributed by atoms with Crippen LogP contribution in [-0.4, -0.2) is 25.7 Å². The van der Waals surface area contributed by atoms with Gasteiger partial charge in [-0.05, 0) is 30.3 Å². The highest BCUT2D eigenvalue weighted by atomic mass is 32.1. The number of hydrogen-bond donors (Lipinski definition) is 1. The monoisotopic (exact) mass is 429 g/mol. The molecule has 152 valence electrons. The number of amides is 1. The van der Waals surface area contributed by atoms with Crippen molar-refractivity contribution in [3.63, 3.8) is 0 Å². The van der Waals surface area contributed by atoms with Gasteiger partial charge in [0.25, 0.3) is 0 Å². The zero-order chi connectivity index (χ0) is 21.1. The second-order valence-electron chi connectivity index (χ2n) is 6.37. The molecule has 2 heterocycles. The molecule has 1 amide bonds. The van der Waals surface area contributed by atoms with Crippen LogP contribution in [0.15, 0.2) is 66.6 Å². The predicted octanol–water partition coefficient (Wildman–Crippen LogP) is 4.59. The fourth-order valence-electron chi connectivity index (χ4n) is 2.80. The van der Waals surface area contributed by atoms with Gasteiger partial charge in [-0.25, -0.2) is 4.98 Å². The summed E-state index contributed by atoms with van der Waals surface area (Å²) in [6, 6.07) is 12.1. The zero-order valence-electron chi connectivity index (χ0n) is 15.3. The molecule has 0 aliphatic rings. The van der Waals surface area contributed by atoms with Crippen LogP contribution in [0.4, 0.5) is 18.9 Å². The van der Waals surface area contributed by atoms with E-state index in [1.807, 2.05) is 6.07 Å². The Kier molecular flexibility index (Phi) is 5.32. The van der Waals surface area contributed by atoms with Gasteiger partial charge in [-0.3, -0.25) is 9.36 Å². The van der Waals surface area contributed by atoms with Gasteiger partial charge < -0.3 is 5.32 Å². The summed E-state index contributed by atoms with van der Waals surface area (Å²) in [7, 11) is 0. The van der Waals surface area contributed by atoms with Crippen molar-refractivity contribution >= 4 is 22.9 Å². The Hall–Kier alpha value is -3.53. The minimum Gasteiger partial charge on any atom is -0.326 e. The Morgan fingerprint density at radius 3 is 2.60 bits per heavy atom. The second kappa shape index (κ2) is 8.07. The van der Waals surface area contributed by atoms with Crippen molar-refractivity contribution in [1.29, 1.82) is 0 Å². The van der Waals surface area contributed by atoms with E-state index in [1.165, 1.54) is 17.4 Å². The molecule has 0 aliphatic carbocycles. The van der Waals surface area contributed by atoms with Crippen LogP contribution in [0.25, 0.3) is 16.3 Å². The first-order valence-electron chi connectivity index (χ1n) is 8.75. The van der Waals surface area contributed by atoms with E-state index in [0.29, 0.717) is 22.0 Å². The molecule has 0 saturated heterocycles. The number of halogens is 3. The highest BCUT2D eigenvalue weighted by Crippen LogP contribution is 2.33. The van der Waals surface area contributed by atoms with Gasteiger partial charge in [0.2, 0.25) is 5.91 Å². The van der Waals surface area contributed by atoms with Gasteiger partial charge in [0, 0.05) is 16.6 Å². The van der Waals surface area contributed by atoms with Crippen LogP contribution in [0.3, 0.4) is 0 Å². The molecule has 0 aliphatic heterocycles. The van der Waals surface area contributed by atoms with Gasteiger partial charge in [-0.2, -0.15) is 13.2 Å². The van der Waals surface area contributed by atoms with Crippen molar-refractivity contribution in [3.05, 3.63) is 77.8 Å². The fourth-order valence-corrected chi connectivity index (χ4v) is 3.61. The Morgan fingerprint density at radius 1 is 1.07 bits per heavy atom. The van der Waals surface area contributed by atoms with E-state index in [2.05, 4.69) is 20.5 Å². The first-order valence-corrected chi connectivity index (χ1v) is 9.63. The van der Waals surface area contributed by atoms with E-state index in [0.717, 1.165) is 17.8 Å². The Bertz CT molecular complexity index is 1170. The summed E-state index contributed by atoms with van der Waals surface area (Å²) in [6.45, 7) is 0. The summed E-state index contributed by atoms with van der Waals surface area (Å²) in [5.74, 6) is -0.281. The normalized spacial score (nSPS) is 11.4. The van der Waals surface area contributed by atoms with Crippen LogP contribution in [0.5, 0.6) is 0 Å². The molecule has 4 aromatic rings. The molecular formula is C20H14F3N5OS. The number of alkyl halides is 3. The lowest BCUT2D eigenvalue weighted by molar-refractivity contribution is -0.137. The maximum Gasteiger partial charge on any atom is 0.416 e. The van der Waals surface area contributed by atoms with Crippen molar-refractivity contribution in [3.8, 4) is 16.3 Å². The van der Waals surface area contributed by atoms with Crippen LogP contribution in [-0.2, 0) is 17.4 Å². The summed E-state index contributed by atoms with van der Waals surface area (Å²) < 4.78 is 40.4. The molecule has 4 rings (SSSR count). The summed E-state index contributed by atoms with van der Waals surface area (Å²) in [4.78, 5) is 16.7. The number of carbonyl (C=O) groups is 1. The maximum atomic E-state index is 12.9. The van der Waals surface area contributed by atoms with Crippen molar-refractivity contribution in [1.82, 2.24) is 19.7 Å². The average Bonchev–Trinajstić information content (AvgIpc) is 3.40. The topological polar surface area (TPSA) is 72.7 Å². The van der Waals surface area contributed by atoms with Crippen molar-refractivity contribution in [2.75, 3.05) is 5.32 Å². The smallest absolute Gasteiger partial charge is 0.326 e. The molecule has 10 heteroatoms. The molecule has 2 aromatic heterocycles. The highest BCUT2D eigenvalue weighted by Gasteiger charge is 2.30. The number of nitrogens with zero attached hydrogens (tertiary/aromatic N) is 4. The van der Waals surface area contributed by atoms with E-state index >= 15 is 0 Å². The zero-order valence-corrected chi connectivity index (χ0v) is 16.1. The van der Waals surface area contributed by atoms with Crippen molar-refractivity contribution < 1.29 is 18.0 Å². The van der Waals surface area contributed by atoms with Gasteiger partial charge in [-0.15, -0.1) is 21.5 Å². The summed E-state index contributed by atoms with van der Waals surface area (Å²) in [5.41, 5.74) is 1.50. The molecule has 0 fully saturated rings. The predicted molar refractivity (Wildman–Crippen MR) is 106 cm³/mol. The van der Waals surface area contributed by atoms with Crippen LogP contribution in [0.2, 0.25) is 0 Å². The van der Waals surface area contributed by atoms with Crippen LogP contribution >= 0.6 is 11.3 Å². The lowest BCUT2D eigenvalue weighted by Crippen LogP contribution is -2.14. The molecular weight excluding hydrogens is 415 g/mol. The SMILES string of the molecule is O=C(Cc1csc(-c2cccc(C(F)(F)F)c2)n1)Nc1cccc(-n2cnnc2)c1. The number of carbonyl (C=O) groups excluding carboxylic acids is 1. The standard InChI is InChI=1S/C20H14F3N5OS/c21-20(22,23)14-4-1-3-13(7-14)19-27-16(10-30-19)9-18(29)26-15-5-2-6-17(8-15)28-11-24-25-12-28/h1-8,10-12H,9H2,(H,26,29). The minimum atomic E-state index is -4.42. The van der Waals surface area contributed by atoms with Crippen LogP contribution in [0.1, 0.15) is 11.3 Å². The number of thiazole rings is 1. The number of hydrogen-bond acceptors (Lipinski definition) is 5. The number of nitrogens with one attached hydrogen (secondary N) is 1. The van der Waals surface area contributed by atoms with Gasteiger partial charge in [0.05, 0.1) is 23.4 Å². The van der Waals surface area contributed by atoms with E-state index in [1.54, 1.807) is 46.9 Å². The molecule has 6 nitrogen and oxygen atoms in total. The van der Waals surface area contributed by atoms with Crippen LogP contribution < -0.4 is 5.32 Å². The lowest BCUT2D eigenvalue weighted by atomic mass is 10.1. The highest BCUT2D eigenvalue weighted by molar-refractivity contribution is 7.13. The summed E-state index contributed by atoms with van der Waals surface area (Å²) in [5, 5.41) is 12.4. The largest absolute Gasteiger partial charge is 0.416 e. The number of anilines is 1. The quantitative estimate of drug-likeness (QED) is 0.504. The third kappa shape index (κ3) is 4.54. The van der Waals surface area contributed by atoms with Gasteiger partial charge in [0.15, 0.2) is 0 Å². The van der Waals surface area contributed by atoms with Crippen LogP contribution in [0, 0.1) is 0 Å². The molecule has 0 radical (unpaired) electrons. The fraction of sp³-hybridized carbons (Fsp3) is 0.100. The molecule has 1 N–H and O–H groups in total. The Labute approximate surface area is 173 Å². The molecule has 0 unspecified atom stereocenters. The van der Waals surface area contributed by atoms with E-state index in [4.69, 9.17) is 0 Å². The third-order valence-corrected chi connectivity index (χ3v) is 5.12. The third-order valence-electron chi connectivity index (χ3n) is 4.18. The summed E-state index contributed by atoms with van der Waals surface area (Å²) in [6.07, 6.45) is -1.32. The first-order chi connectivity index (χ1) is 14.4. The maximum absolute atomic E-state index is 12.9. The second-order valence-corrected chi connectivity index (χ2v) is 7.23. The van der Waals surface area contributed by atoms with Crippen molar-refractivity contribution in [2.24, 2.45) is 0 Å². The molecule has 30 heavy (non-hydrogen) atoms. The Morgan fingerprint density at radius 2 is 1.83 bits per heavy atom. The average molecular weight is 429 g/mol. The Balaban J connectivity index is 1.44. The van der Waals surface area contributed by atoms with Gasteiger partial charge in [-0.1, -0.05) is 18.2 Å². The summed E-state index contributed by atoms with van der Waals surface area (Å²) >= 11 is 1.20. The van der Waals surface area contributed by atoms with Gasteiger partial charge in [0.1, 0.15) is 17.7 Å². The lowest BCUT2D eigenvalue weighted by Gasteiger charge is -2.07. The number of aromatic nitrogens is 4. The van der Waals surface area contributed by atoms with E-state index < -0.39 is 11.7 Å². The minimum absolute atomic E-state index is 0.00627. The van der Waals surface area contributed by atoms with Crippen molar-refractivity contribution in [2.45, 2.75) is 12.6 Å².